The number of aryl methyl sites for hydroxylation is 1. The van der Waals surface area contributed by atoms with Gasteiger partial charge in [0.1, 0.15) is 11.6 Å². The number of halogens is 2. The fourth-order valence-corrected chi connectivity index (χ4v) is 4.99. The number of rotatable bonds is 3. The highest BCUT2D eigenvalue weighted by Crippen LogP contribution is 2.35. The van der Waals surface area contributed by atoms with E-state index in [2.05, 4.69) is 31.4 Å². The second-order valence-electron chi connectivity index (χ2n) is 7.60. The maximum atomic E-state index is 15.0. The van der Waals surface area contributed by atoms with Crippen molar-refractivity contribution in [1.82, 2.24) is 24.9 Å². The zero-order valence-corrected chi connectivity index (χ0v) is 18.7. The lowest BCUT2D eigenvalue weighted by Crippen LogP contribution is -2.41. The molecule has 1 fully saturated rings. The van der Waals surface area contributed by atoms with Crippen molar-refractivity contribution in [3.05, 3.63) is 41.5 Å². The maximum absolute atomic E-state index is 15.0. The van der Waals surface area contributed by atoms with Gasteiger partial charge in [-0.05, 0) is 51.1 Å². The Bertz CT molecular complexity index is 1300. The molecular weight excluding hydrogens is 437 g/mol. The SMILES string of the molecule is Cc1cn2nc(-c3cc(F)c4nc(N(C)C5CCNCC5)sc4c3)cc(C#N)c2n1.Cl. The second-order valence-corrected chi connectivity index (χ2v) is 8.61. The number of anilines is 1. The average Bonchev–Trinajstić information content (AvgIpc) is 3.36. The number of hydrogen-bond donors (Lipinski definition) is 1. The van der Waals surface area contributed by atoms with Crippen molar-refractivity contribution >= 4 is 44.7 Å². The van der Waals surface area contributed by atoms with Crippen LogP contribution in [0.3, 0.4) is 0 Å². The number of hydrogen-bond acceptors (Lipinski definition) is 7. The zero-order chi connectivity index (χ0) is 20.8. The van der Waals surface area contributed by atoms with Crippen molar-refractivity contribution in [1.29, 1.82) is 5.26 Å². The number of fused-ring (bicyclic) bond motifs is 2. The molecule has 1 aliphatic rings. The van der Waals surface area contributed by atoms with Crippen LogP contribution in [0.5, 0.6) is 0 Å². The average molecular weight is 458 g/mol. The molecule has 0 spiro atoms. The van der Waals surface area contributed by atoms with Gasteiger partial charge in [0.15, 0.2) is 16.6 Å². The van der Waals surface area contributed by atoms with Crippen LogP contribution < -0.4 is 10.2 Å². The van der Waals surface area contributed by atoms with E-state index in [1.165, 1.54) is 17.4 Å². The van der Waals surface area contributed by atoms with Gasteiger partial charge in [-0.15, -0.1) is 12.4 Å². The van der Waals surface area contributed by atoms with E-state index in [4.69, 9.17) is 0 Å². The third kappa shape index (κ3) is 3.82. The summed E-state index contributed by atoms with van der Waals surface area (Å²) in [6.45, 7) is 3.82. The van der Waals surface area contributed by atoms with Crippen LogP contribution in [0, 0.1) is 24.1 Å². The third-order valence-electron chi connectivity index (χ3n) is 5.56. The van der Waals surface area contributed by atoms with Crippen molar-refractivity contribution in [3.63, 3.8) is 0 Å². The normalized spacial score (nSPS) is 14.5. The molecular formula is C21H21ClFN7S. The number of thiazole rings is 1. The molecule has 1 N–H and O–H groups in total. The molecule has 3 aromatic heterocycles. The van der Waals surface area contributed by atoms with Crippen LogP contribution in [0.25, 0.3) is 27.1 Å². The number of piperidine rings is 1. The molecule has 0 bridgehead atoms. The first-order valence-corrected chi connectivity index (χ1v) is 10.7. The Labute approximate surface area is 188 Å². The van der Waals surface area contributed by atoms with Crippen molar-refractivity contribution < 1.29 is 4.39 Å². The fraction of sp³-hybridized carbons (Fsp3) is 0.333. The number of imidazole rings is 1. The predicted molar refractivity (Wildman–Crippen MR) is 123 cm³/mol. The Morgan fingerprint density at radius 1 is 1.26 bits per heavy atom. The molecule has 0 saturated carbocycles. The van der Waals surface area contributed by atoms with E-state index in [1.54, 1.807) is 16.8 Å². The summed E-state index contributed by atoms with van der Waals surface area (Å²) in [4.78, 5) is 11.1. The molecule has 1 saturated heterocycles. The van der Waals surface area contributed by atoms with Gasteiger partial charge >= 0.3 is 0 Å². The molecule has 0 aliphatic carbocycles. The first-order valence-electron chi connectivity index (χ1n) is 9.84. The molecule has 160 valence electrons. The number of nitrogens with one attached hydrogen (secondary N) is 1. The minimum atomic E-state index is -0.383. The summed E-state index contributed by atoms with van der Waals surface area (Å²) in [5.41, 5.74) is 3.20. The van der Waals surface area contributed by atoms with Crippen LogP contribution in [0.1, 0.15) is 24.1 Å². The van der Waals surface area contributed by atoms with Gasteiger partial charge < -0.3 is 10.2 Å². The fourth-order valence-electron chi connectivity index (χ4n) is 3.94. The number of nitriles is 1. The largest absolute Gasteiger partial charge is 0.348 e. The summed E-state index contributed by atoms with van der Waals surface area (Å²) in [5, 5.41) is 18.2. The van der Waals surface area contributed by atoms with Crippen LogP contribution in [-0.4, -0.2) is 45.8 Å². The van der Waals surface area contributed by atoms with Crippen molar-refractivity contribution in [2.45, 2.75) is 25.8 Å². The summed E-state index contributed by atoms with van der Waals surface area (Å²) in [6, 6.07) is 7.56. The number of nitrogens with zero attached hydrogens (tertiary/aromatic N) is 6. The third-order valence-corrected chi connectivity index (χ3v) is 6.65. The topological polar surface area (TPSA) is 82.1 Å². The summed E-state index contributed by atoms with van der Waals surface area (Å²) < 4.78 is 17.3. The minimum absolute atomic E-state index is 0. The quantitative estimate of drug-likeness (QED) is 0.502. The van der Waals surface area contributed by atoms with Gasteiger partial charge in [0.05, 0.1) is 27.8 Å². The van der Waals surface area contributed by atoms with Crippen LogP contribution in [0.2, 0.25) is 0 Å². The molecule has 4 heterocycles. The van der Waals surface area contributed by atoms with Crippen LogP contribution in [0.4, 0.5) is 9.52 Å². The Morgan fingerprint density at radius 2 is 2.03 bits per heavy atom. The van der Waals surface area contributed by atoms with E-state index in [0.717, 1.165) is 41.5 Å². The molecule has 1 aliphatic heterocycles. The van der Waals surface area contributed by atoms with Gasteiger partial charge in [0.25, 0.3) is 0 Å². The molecule has 31 heavy (non-hydrogen) atoms. The summed E-state index contributed by atoms with van der Waals surface area (Å²) in [5.74, 6) is -0.383. The first-order chi connectivity index (χ1) is 14.5. The van der Waals surface area contributed by atoms with Gasteiger partial charge in [0.2, 0.25) is 0 Å². The Balaban J connectivity index is 0.00000231. The molecule has 4 aromatic rings. The molecule has 0 atom stereocenters. The van der Waals surface area contributed by atoms with Gasteiger partial charge in [-0.3, -0.25) is 0 Å². The minimum Gasteiger partial charge on any atom is -0.348 e. The number of benzene rings is 1. The van der Waals surface area contributed by atoms with E-state index in [1.807, 2.05) is 20.0 Å². The standard InChI is InChI=1S/C21H20FN7S.ClH/c1-12-11-29-20(25-12)14(10-23)8-17(27-29)13-7-16(22)19-18(9-13)30-21(26-19)28(2)15-3-5-24-6-4-15;/h7-9,11,15,24H,3-6H2,1-2H3;1H. The molecule has 0 amide bonds. The smallest absolute Gasteiger partial charge is 0.186 e. The molecule has 0 unspecified atom stereocenters. The zero-order valence-electron chi connectivity index (χ0n) is 17.1. The lowest BCUT2D eigenvalue weighted by molar-refractivity contribution is 0.443. The highest BCUT2D eigenvalue weighted by molar-refractivity contribution is 7.22. The maximum Gasteiger partial charge on any atom is 0.186 e. The monoisotopic (exact) mass is 457 g/mol. The van der Waals surface area contributed by atoms with Gasteiger partial charge in [-0.25, -0.2) is 18.9 Å². The van der Waals surface area contributed by atoms with E-state index in [-0.39, 0.29) is 18.2 Å². The van der Waals surface area contributed by atoms with Crippen LogP contribution in [-0.2, 0) is 0 Å². The summed E-state index contributed by atoms with van der Waals surface area (Å²) >= 11 is 1.48. The van der Waals surface area contributed by atoms with E-state index >= 15 is 0 Å². The van der Waals surface area contributed by atoms with Crippen molar-refractivity contribution in [2.75, 3.05) is 25.0 Å². The Kier molecular flexibility index (Phi) is 5.79. The second kappa shape index (κ2) is 8.38. The van der Waals surface area contributed by atoms with E-state index in [0.29, 0.717) is 34.0 Å². The van der Waals surface area contributed by atoms with E-state index in [9.17, 15) is 9.65 Å². The summed E-state index contributed by atoms with van der Waals surface area (Å²) in [6.07, 6.45) is 3.85. The molecule has 5 rings (SSSR count). The number of aromatic nitrogens is 4. The molecule has 7 nitrogen and oxygen atoms in total. The molecule has 1 aromatic carbocycles. The Hall–Kier alpha value is -2.80. The predicted octanol–water partition coefficient (Wildman–Crippen LogP) is 3.94. The van der Waals surface area contributed by atoms with Crippen molar-refractivity contribution in [2.24, 2.45) is 0 Å². The molecule has 0 radical (unpaired) electrons. The highest BCUT2D eigenvalue weighted by Gasteiger charge is 2.22. The van der Waals surface area contributed by atoms with Gasteiger partial charge in [0, 0.05) is 18.7 Å². The molecule has 10 heteroatoms. The van der Waals surface area contributed by atoms with Gasteiger partial charge in [-0.2, -0.15) is 10.4 Å². The highest BCUT2D eigenvalue weighted by atomic mass is 35.5. The van der Waals surface area contributed by atoms with Crippen LogP contribution >= 0.6 is 23.7 Å². The van der Waals surface area contributed by atoms with Gasteiger partial charge in [-0.1, -0.05) is 11.3 Å². The van der Waals surface area contributed by atoms with Crippen LogP contribution in [0.15, 0.2) is 24.4 Å². The Morgan fingerprint density at radius 3 is 2.77 bits per heavy atom. The van der Waals surface area contributed by atoms with E-state index < -0.39 is 0 Å². The van der Waals surface area contributed by atoms with Crippen molar-refractivity contribution in [3.8, 4) is 17.3 Å². The first kappa shape index (κ1) is 21.4. The lowest BCUT2D eigenvalue weighted by Gasteiger charge is -2.31. The lowest BCUT2D eigenvalue weighted by atomic mass is 10.1. The summed E-state index contributed by atoms with van der Waals surface area (Å²) in [7, 11) is 2.03.